The van der Waals surface area contributed by atoms with Crippen LogP contribution in [0.1, 0.15) is 19.7 Å². The summed E-state index contributed by atoms with van der Waals surface area (Å²) in [6.45, 7) is 7.21. The molecule has 1 heterocycles. The molecule has 5 heteroatoms. The highest BCUT2D eigenvalue weighted by Gasteiger charge is 2.23. The number of aromatic amines is 1. The van der Waals surface area contributed by atoms with Gasteiger partial charge >= 0.3 is 0 Å². The Kier molecular flexibility index (Phi) is 3.11. The van der Waals surface area contributed by atoms with E-state index >= 15 is 0 Å². The largest absolute Gasteiger partial charge is 0.307 e. The minimum absolute atomic E-state index is 0.0301. The molecular formula is C9H18N4S. The van der Waals surface area contributed by atoms with E-state index in [2.05, 4.69) is 47.6 Å². The second kappa shape index (κ2) is 3.82. The number of hydrogen-bond acceptors (Lipinski definition) is 3. The summed E-state index contributed by atoms with van der Waals surface area (Å²) >= 11 is 5.20. The van der Waals surface area contributed by atoms with Gasteiger partial charge in [0.25, 0.3) is 0 Å². The molecule has 1 aromatic heterocycles. The molecule has 0 aliphatic heterocycles. The molecule has 0 fully saturated rings. The lowest BCUT2D eigenvalue weighted by atomic mass is 10.1. The summed E-state index contributed by atoms with van der Waals surface area (Å²) in [6, 6.07) is 0. The molecule has 0 bridgehead atoms. The fourth-order valence-corrected chi connectivity index (χ4v) is 2.36. The molecule has 1 rings (SSSR count). The predicted molar refractivity (Wildman–Crippen MR) is 60.0 cm³/mol. The molecule has 0 radical (unpaired) electrons. The van der Waals surface area contributed by atoms with Crippen molar-refractivity contribution >= 4 is 12.2 Å². The standard InChI is InChI=1S/C9H18N4S/c1-7-10-11-8(14)13(7)9(2,3)6-12(4)5/h6H2,1-5H3,(H,11,14). The van der Waals surface area contributed by atoms with Gasteiger partial charge in [-0.1, -0.05) is 0 Å². The number of aryl methyl sites for hydroxylation is 1. The van der Waals surface area contributed by atoms with Gasteiger partial charge in [0, 0.05) is 6.54 Å². The Morgan fingerprint density at radius 2 is 2.07 bits per heavy atom. The number of nitrogens with zero attached hydrogens (tertiary/aromatic N) is 3. The van der Waals surface area contributed by atoms with Crippen molar-refractivity contribution in [1.29, 1.82) is 0 Å². The number of H-pyrrole nitrogens is 1. The molecule has 1 aromatic rings. The van der Waals surface area contributed by atoms with E-state index in [0.29, 0.717) is 4.77 Å². The maximum atomic E-state index is 5.20. The summed E-state index contributed by atoms with van der Waals surface area (Å²) in [6.07, 6.45) is 0. The third-order valence-electron chi connectivity index (χ3n) is 2.15. The SMILES string of the molecule is Cc1n[nH]c(=S)n1C(C)(C)CN(C)C. The molecule has 4 nitrogen and oxygen atoms in total. The van der Waals surface area contributed by atoms with Crippen LogP contribution < -0.4 is 0 Å². The lowest BCUT2D eigenvalue weighted by Crippen LogP contribution is -2.38. The highest BCUT2D eigenvalue weighted by Crippen LogP contribution is 2.17. The van der Waals surface area contributed by atoms with Crippen molar-refractivity contribution in [1.82, 2.24) is 19.7 Å². The van der Waals surface area contributed by atoms with Crippen LogP contribution in [-0.2, 0) is 5.54 Å². The summed E-state index contributed by atoms with van der Waals surface area (Å²) in [4.78, 5) is 2.15. The second-order valence-electron chi connectivity index (χ2n) is 4.46. The van der Waals surface area contributed by atoms with Gasteiger partial charge in [0.2, 0.25) is 0 Å². The Hall–Kier alpha value is -0.680. The van der Waals surface area contributed by atoms with Gasteiger partial charge in [-0.3, -0.25) is 9.67 Å². The Balaban J connectivity index is 3.09. The lowest BCUT2D eigenvalue weighted by Gasteiger charge is -2.30. The first kappa shape index (κ1) is 11.4. The van der Waals surface area contributed by atoms with Crippen LogP contribution >= 0.6 is 12.2 Å². The molecule has 14 heavy (non-hydrogen) atoms. The van der Waals surface area contributed by atoms with Gasteiger partial charge < -0.3 is 4.90 Å². The molecule has 80 valence electrons. The van der Waals surface area contributed by atoms with E-state index in [-0.39, 0.29) is 5.54 Å². The van der Waals surface area contributed by atoms with Crippen LogP contribution in [0.5, 0.6) is 0 Å². The number of hydrogen-bond donors (Lipinski definition) is 1. The molecule has 0 aromatic carbocycles. The van der Waals surface area contributed by atoms with Gasteiger partial charge in [-0.2, -0.15) is 5.10 Å². The van der Waals surface area contributed by atoms with E-state index in [1.165, 1.54) is 0 Å². The zero-order chi connectivity index (χ0) is 10.9. The minimum atomic E-state index is -0.0301. The quantitative estimate of drug-likeness (QED) is 0.776. The van der Waals surface area contributed by atoms with E-state index in [1.807, 2.05) is 6.92 Å². The van der Waals surface area contributed by atoms with Crippen molar-refractivity contribution in [2.45, 2.75) is 26.3 Å². The van der Waals surface area contributed by atoms with E-state index in [4.69, 9.17) is 12.2 Å². The Bertz CT molecular complexity index is 361. The minimum Gasteiger partial charge on any atom is -0.307 e. The van der Waals surface area contributed by atoms with Gasteiger partial charge in [0.05, 0.1) is 5.54 Å². The number of rotatable bonds is 3. The summed E-state index contributed by atoms with van der Waals surface area (Å²) < 4.78 is 2.75. The zero-order valence-electron chi connectivity index (χ0n) is 9.46. The smallest absolute Gasteiger partial charge is 0.195 e. The average Bonchev–Trinajstić information content (AvgIpc) is 2.27. The van der Waals surface area contributed by atoms with Crippen LogP contribution in [0.2, 0.25) is 0 Å². The van der Waals surface area contributed by atoms with Crippen LogP contribution in [0, 0.1) is 11.7 Å². The van der Waals surface area contributed by atoms with E-state index in [1.54, 1.807) is 0 Å². The number of likely N-dealkylation sites (N-methyl/N-ethyl adjacent to an activating group) is 1. The van der Waals surface area contributed by atoms with Gasteiger partial charge in [-0.05, 0) is 47.1 Å². The number of aromatic nitrogens is 3. The predicted octanol–water partition coefficient (Wildman–Crippen LogP) is 1.55. The van der Waals surface area contributed by atoms with E-state index in [0.717, 1.165) is 12.4 Å². The Morgan fingerprint density at radius 1 is 1.50 bits per heavy atom. The average molecular weight is 214 g/mol. The molecule has 0 aliphatic rings. The lowest BCUT2D eigenvalue weighted by molar-refractivity contribution is 0.235. The van der Waals surface area contributed by atoms with Crippen LogP contribution in [0.15, 0.2) is 0 Å². The molecule has 0 spiro atoms. The first-order valence-electron chi connectivity index (χ1n) is 4.64. The van der Waals surface area contributed by atoms with Crippen LogP contribution in [0.3, 0.4) is 0 Å². The fourth-order valence-electron chi connectivity index (χ4n) is 1.93. The second-order valence-corrected chi connectivity index (χ2v) is 4.85. The Morgan fingerprint density at radius 3 is 2.43 bits per heavy atom. The molecular weight excluding hydrogens is 196 g/mol. The van der Waals surface area contributed by atoms with Crippen molar-refractivity contribution in [2.75, 3.05) is 20.6 Å². The van der Waals surface area contributed by atoms with Crippen molar-refractivity contribution in [3.63, 3.8) is 0 Å². The maximum absolute atomic E-state index is 5.20. The molecule has 0 atom stereocenters. The van der Waals surface area contributed by atoms with Crippen LogP contribution in [0.4, 0.5) is 0 Å². The normalized spacial score (nSPS) is 12.4. The van der Waals surface area contributed by atoms with Crippen LogP contribution in [0.25, 0.3) is 0 Å². The van der Waals surface area contributed by atoms with Gasteiger partial charge in [0.15, 0.2) is 4.77 Å². The fraction of sp³-hybridized carbons (Fsp3) is 0.778. The molecule has 0 unspecified atom stereocenters. The maximum Gasteiger partial charge on any atom is 0.195 e. The van der Waals surface area contributed by atoms with Crippen molar-refractivity contribution in [2.24, 2.45) is 0 Å². The summed E-state index contributed by atoms with van der Waals surface area (Å²) in [5, 5.41) is 6.93. The highest BCUT2D eigenvalue weighted by atomic mass is 32.1. The third-order valence-corrected chi connectivity index (χ3v) is 2.42. The summed E-state index contributed by atoms with van der Waals surface area (Å²) in [5.41, 5.74) is -0.0301. The first-order chi connectivity index (χ1) is 6.34. The van der Waals surface area contributed by atoms with Crippen molar-refractivity contribution < 1.29 is 0 Å². The van der Waals surface area contributed by atoms with Crippen molar-refractivity contribution in [3.05, 3.63) is 10.6 Å². The number of nitrogens with one attached hydrogen (secondary N) is 1. The molecule has 0 saturated carbocycles. The molecule has 0 aliphatic carbocycles. The third kappa shape index (κ3) is 2.22. The Labute approximate surface area is 89.9 Å². The topological polar surface area (TPSA) is 36.9 Å². The molecule has 0 amide bonds. The monoisotopic (exact) mass is 214 g/mol. The van der Waals surface area contributed by atoms with E-state index < -0.39 is 0 Å². The van der Waals surface area contributed by atoms with Crippen molar-refractivity contribution in [3.8, 4) is 0 Å². The zero-order valence-corrected chi connectivity index (χ0v) is 10.3. The molecule has 1 N–H and O–H groups in total. The van der Waals surface area contributed by atoms with E-state index in [9.17, 15) is 0 Å². The highest BCUT2D eigenvalue weighted by molar-refractivity contribution is 7.71. The van der Waals surface area contributed by atoms with Crippen LogP contribution in [-0.4, -0.2) is 40.3 Å². The molecule has 0 saturated heterocycles. The summed E-state index contributed by atoms with van der Waals surface area (Å²) in [5.74, 6) is 0.932. The van der Waals surface area contributed by atoms with Gasteiger partial charge in [-0.15, -0.1) is 0 Å². The summed E-state index contributed by atoms with van der Waals surface area (Å²) in [7, 11) is 4.11. The van der Waals surface area contributed by atoms with Gasteiger partial charge in [-0.25, -0.2) is 0 Å². The van der Waals surface area contributed by atoms with Gasteiger partial charge in [0.1, 0.15) is 5.82 Å². The first-order valence-corrected chi connectivity index (χ1v) is 5.04.